The molecule has 0 heterocycles. The number of allylic oxidation sites excluding steroid dienone is 1. The first kappa shape index (κ1) is 11.9. The van der Waals surface area contributed by atoms with E-state index in [9.17, 15) is 4.79 Å². The Kier molecular flexibility index (Phi) is 7.56. The van der Waals surface area contributed by atoms with Gasteiger partial charge in [0.2, 0.25) is 5.91 Å². The molecule has 10 heavy (non-hydrogen) atoms. The molecule has 2 heteroatoms. The second-order valence-electron chi connectivity index (χ2n) is 2.16. The standard InChI is InChI=1S/C7H13NO.CH4/c1-4-5-7(9)8-6(2)3;/h4-6H,1-3H3,(H,8,9);1H4/b5-4+;. The molecule has 0 aliphatic heterocycles. The fourth-order valence-electron chi connectivity index (χ4n) is 0.484. The second-order valence-corrected chi connectivity index (χ2v) is 2.16. The zero-order valence-electron chi connectivity index (χ0n) is 6.14. The zero-order chi connectivity index (χ0) is 7.28. The third-order valence-corrected chi connectivity index (χ3v) is 0.749. The van der Waals surface area contributed by atoms with E-state index in [1.165, 1.54) is 6.08 Å². The Morgan fingerprint density at radius 2 is 2.00 bits per heavy atom. The quantitative estimate of drug-likeness (QED) is 0.586. The molecule has 0 aliphatic rings. The van der Waals surface area contributed by atoms with Crippen molar-refractivity contribution < 1.29 is 4.79 Å². The summed E-state index contributed by atoms with van der Waals surface area (Å²) in [5.41, 5.74) is 0. The van der Waals surface area contributed by atoms with Crippen LogP contribution in [0, 0.1) is 0 Å². The number of amides is 1. The molecular weight excluding hydrogens is 126 g/mol. The van der Waals surface area contributed by atoms with Crippen molar-refractivity contribution in [3.05, 3.63) is 12.2 Å². The lowest BCUT2D eigenvalue weighted by molar-refractivity contribution is -0.116. The van der Waals surface area contributed by atoms with Gasteiger partial charge in [-0.25, -0.2) is 0 Å². The van der Waals surface area contributed by atoms with E-state index in [1.807, 2.05) is 20.8 Å². The van der Waals surface area contributed by atoms with Crippen molar-refractivity contribution in [1.29, 1.82) is 0 Å². The lowest BCUT2D eigenvalue weighted by Gasteiger charge is -2.03. The molecule has 0 saturated heterocycles. The van der Waals surface area contributed by atoms with Crippen LogP contribution in [0.1, 0.15) is 28.2 Å². The summed E-state index contributed by atoms with van der Waals surface area (Å²) in [6.07, 6.45) is 3.23. The van der Waals surface area contributed by atoms with Gasteiger partial charge in [0.1, 0.15) is 0 Å². The van der Waals surface area contributed by atoms with Gasteiger partial charge in [-0.3, -0.25) is 4.79 Å². The average Bonchev–Trinajstić information content (AvgIpc) is 1.63. The lowest BCUT2D eigenvalue weighted by Crippen LogP contribution is -2.28. The summed E-state index contributed by atoms with van der Waals surface area (Å²) in [6, 6.07) is 0.230. The summed E-state index contributed by atoms with van der Waals surface area (Å²) < 4.78 is 0. The molecule has 2 nitrogen and oxygen atoms in total. The Hall–Kier alpha value is -0.790. The van der Waals surface area contributed by atoms with Gasteiger partial charge in [0, 0.05) is 6.04 Å². The summed E-state index contributed by atoms with van der Waals surface area (Å²) in [6.45, 7) is 5.68. The highest BCUT2D eigenvalue weighted by Crippen LogP contribution is 1.77. The van der Waals surface area contributed by atoms with Crippen molar-refractivity contribution in [1.82, 2.24) is 5.32 Å². The molecule has 0 unspecified atom stereocenters. The van der Waals surface area contributed by atoms with Crippen molar-refractivity contribution in [2.45, 2.75) is 34.2 Å². The fourth-order valence-corrected chi connectivity index (χ4v) is 0.484. The Morgan fingerprint density at radius 1 is 1.50 bits per heavy atom. The van der Waals surface area contributed by atoms with Gasteiger partial charge < -0.3 is 5.32 Å². The molecule has 0 atom stereocenters. The molecule has 0 rings (SSSR count). The molecule has 0 aromatic carbocycles. The van der Waals surface area contributed by atoms with Gasteiger partial charge in [0.25, 0.3) is 0 Å². The second kappa shape index (κ2) is 6.33. The van der Waals surface area contributed by atoms with Crippen LogP contribution in [0.15, 0.2) is 12.2 Å². The monoisotopic (exact) mass is 143 g/mol. The number of rotatable bonds is 2. The van der Waals surface area contributed by atoms with E-state index < -0.39 is 0 Å². The van der Waals surface area contributed by atoms with Crippen LogP contribution in [-0.4, -0.2) is 11.9 Å². The summed E-state index contributed by atoms with van der Waals surface area (Å²) in [5, 5.41) is 2.72. The third kappa shape index (κ3) is 7.21. The predicted octanol–water partition coefficient (Wildman–Crippen LogP) is 1.72. The fraction of sp³-hybridized carbons (Fsp3) is 0.625. The van der Waals surface area contributed by atoms with Crippen molar-refractivity contribution in [3.63, 3.8) is 0 Å². The molecule has 0 fully saturated rings. The first-order chi connectivity index (χ1) is 4.16. The van der Waals surface area contributed by atoms with Gasteiger partial charge in [-0.05, 0) is 26.8 Å². The molecule has 0 spiro atoms. The molecular formula is C8H17NO. The minimum Gasteiger partial charge on any atom is -0.350 e. The zero-order valence-corrected chi connectivity index (χ0v) is 6.14. The summed E-state index contributed by atoms with van der Waals surface area (Å²) in [5.74, 6) is -0.0208. The predicted molar refractivity (Wildman–Crippen MR) is 44.8 cm³/mol. The molecule has 0 saturated carbocycles. The van der Waals surface area contributed by atoms with Gasteiger partial charge in [0.15, 0.2) is 0 Å². The highest BCUT2D eigenvalue weighted by molar-refractivity contribution is 5.87. The average molecular weight is 143 g/mol. The topological polar surface area (TPSA) is 29.1 Å². The Labute approximate surface area is 63.3 Å². The van der Waals surface area contributed by atoms with E-state index in [-0.39, 0.29) is 19.4 Å². The van der Waals surface area contributed by atoms with E-state index >= 15 is 0 Å². The normalized spacial score (nSPS) is 9.60. The summed E-state index contributed by atoms with van der Waals surface area (Å²) in [7, 11) is 0. The van der Waals surface area contributed by atoms with E-state index in [1.54, 1.807) is 6.08 Å². The highest BCUT2D eigenvalue weighted by atomic mass is 16.1. The van der Waals surface area contributed by atoms with E-state index in [4.69, 9.17) is 0 Å². The van der Waals surface area contributed by atoms with Gasteiger partial charge >= 0.3 is 0 Å². The van der Waals surface area contributed by atoms with Gasteiger partial charge in [-0.15, -0.1) is 0 Å². The van der Waals surface area contributed by atoms with Crippen LogP contribution in [0.2, 0.25) is 0 Å². The van der Waals surface area contributed by atoms with Crippen molar-refractivity contribution in [2.24, 2.45) is 0 Å². The maximum Gasteiger partial charge on any atom is 0.243 e. The number of hydrogen-bond donors (Lipinski definition) is 1. The maximum absolute atomic E-state index is 10.7. The van der Waals surface area contributed by atoms with Crippen LogP contribution >= 0.6 is 0 Å². The Morgan fingerprint density at radius 3 is 2.30 bits per heavy atom. The number of hydrogen-bond acceptors (Lipinski definition) is 1. The van der Waals surface area contributed by atoms with E-state index in [2.05, 4.69) is 5.32 Å². The van der Waals surface area contributed by atoms with Gasteiger partial charge in [-0.2, -0.15) is 0 Å². The summed E-state index contributed by atoms with van der Waals surface area (Å²) >= 11 is 0. The molecule has 0 bridgehead atoms. The third-order valence-electron chi connectivity index (χ3n) is 0.749. The van der Waals surface area contributed by atoms with Crippen LogP contribution in [-0.2, 0) is 4.79 Å². The summed E-state index contributed by atoms with van der Waals surface area (Å²) in [4.78, 5) is 10.7. The maximum atomic E-state index is 10.7. The largest absolute Gasteiger partial charge is 0.350 e. The minimum atomic E-state index is -0.0208. The molecule has 0 radical (unpaired) electrons. The van der Waals surface area contributed by atoms with Crippen molar-refractivity contribution >= 4 is 5.91 Å². The van der Waals surface area contributed by atoms with Crippen LogP contribution < -0.4 is 5.32 Å². The first-order valence-corrected chi connectivity index (χ1v) is 3.10. The number of carbonyl (C=O) groups is 1. The molecule has 0 aromatic heterocycles. The van der Waals surface area contributed by atoms with Crippen LogP contribution in [0.3, 0.4) is 0 Å². The van der Waals surface area contributed by atoms with Crippen LogP contribution in [0.25, 0.3) is 0 Å². The first-order valence-electron chi connectivity index (χ1n) is 3.10. The van der Waals surface area contributed by atoms with Crippen molar-refractivity contribution in [3.8, 4) is 0 Å². The SMILES string of the molecule is C.C/C=C/C(=O)NC(C)C. The number of nitrogens with one attached hydrogen (secondary N) is 1. The Balaban J connectivity index is 0. The minimum absolute atomic E-state index is 0. The molecule has 0 aromatic rings. The van der Waals surface area contributed by atoms with E-state index in [0.717, 1.165) is 0 Å². The Bertz CT molecular complexity index is 116. The van der Waals surface area contributed by atoms with Crippen LogP contribution in [0.4, 0.5) is 0 Å². The van der Waals surface area contributed by atoms with Gasteiger partial charge in [-0.1, -0.05) is 13.5 Å². The lowest BCUT2D eigenvalue weighted by atomic mass is 10.4. The van der Waals surface area contributed by atoms with Gasteiger partial charge in [0.05, 0.1) is 0 Å². The van der Waals surface area contributed by atoms with Crippen molar-refractivity contribution in [2.75, 3.05) is 0 Å². The molecule has 1 N–H and O–H groups in total. The number of carbonyl (C=O) groups excluding carboxylic acids is 1. The van der Waals surface area contributed by atoms with Crippen LogP contribution in [0.5, 0.6) is 0 Å². The van der Waals surface area contributed by atoms with E-state index in [0.29, 0.717) is 0 Å². The smallest absolute Gasteiger partial charge is 0.243 e. The molecule has 1 amide bonds. The highest BCUT2D eigenvalue weighted by Gasteiger charge is 1.94. The molecule has 0 aliphatic carbocycles. The molecule has 60 valence electrons.